The molecule has 0 radical (unpaired) electrons. The van der Waals surface area contributed by atoms with Crippen LogP contribution in [0.4, 0.5) is 5.82 Å². The molecule has 1 saturated carbocycles. The largest absolute Gasteiger partial charge is 0.355 e. The van der Waals surface area contributed by atoms with Crippen LogP contribution in [0, 0.1) is 0 Å². The first-order chi connectivity index (χ1) is 11.2. The van der Waals surface area contributed by atoms with Crippen molar-refractivity contribution in [1.82, 2.24) is 14.3 Å². The number of rotatable bonds is 3. The van der Waals surface area contributed by atoms with Gasteiger partial charge in [0.15, 0.2) is 0 Å². The van der Waals surface area contributed by atoms with Gasteiger partial charge in [0.05, 0.1) is 10.8 Å². The van der Waals surface area contributed by atoms with Crippen molar-refractivity contribution in [3.05, 3.63) is 30.6 Å². The van der Waals surface area contributed by atoms with Crippen LogP contribution in [-0.4, -0.2) is 54.1 Å². The normalized spacial score (nSPS) is 20.6. The lowest BCUT2D eigenvalue weighted by atomic mass is 10.2. The third-order valence-corrected chi connectivity index (χ3v) is 6.98. The van der Waals surface area contributed by atoms with E-state index in [-0.39, 0.29) is 5.25 Å². The first kappa shape index (κ1) is 14.8. The Morgan fingerprint density at radius 3 is 2.65 bits per heavy atom. The van der Waals surface area contributed by atoms with Crippen molar-refractivity contribution >= 4 is 26.7 Å². The molecular weight excluding hydrogens is 312 g/mol. The fourth-order valence-corrected chi connectivity index (χ4v) is 5.05. The lowest BCUT2D eigenvalue weighted by Crippen LogP contribution is -2.37. The number of fused-ring (bicyclic) bond motifs is 1. The summed E-state index contributed by atoms with van der Waals surface area (Å²) in [7, 11) is -3.09. The van der Waals surface area contributed by atoms with E-state index in [0.29, 0.717) is 19.6 Å². The Kier molecular flexibility index (Phi) is 3.69. The summed E-state index contributed by atoms with van der Waals surface area (Å²) in [5.41, 5.74) is 0.921. The van der Waals surface area contributed by atoms with Crippen LogP contribution in [0.1, 0.15) is 19.3 Å². The van der Waals surface area contributed by atoms with E-state index in [1.54, 1.807) is 10.6 Å². The number of hydrogen-bond acceptors (Lipinski definition) is 5. The second-order valence-corrected chi connectivity index (χ2v) is 8.41. The molecule has 1 aromatic heterocycles. The third kappa shape index (κ3) is 2.79. The first-order valence-corrected chi connectivity index (χ1v) is 9.60. The number of benzene rings is 1. The zero-order valence-corrected chi connectivity index (χ0v) is 13.7. The summed E-state index contributed by atoms with van der Waals surface area (Å²) >= 11 is 0. The lowest BCUT2D eigenvalue weighted by Gasteiger charge is -2.23. The van der Waals surface area contributed by atoms with Crippen molar-refractivity contribution in [3.8, 4) is 0 Å². The van der Waals surface area contributed by atoms with Gasteiger partial charge >= 0.3 is 0 Å². The van der Waals surface area contributed by atoms with Gasteiger partial charge < -0.3 is 4.90 Å². The highest BCUT2D eigenvalue weighted by molar-refractivity contribution is 7.90. The van der Waals surface area contributed by atoms with E-state index in [4.69, 9.17) is 0 Å². The van der Waals surface area contributed by atoms with Gasteiger partial charge in [-0.15, -0.1) is 0 Å². The minimum absolute atomic E-state index is 0.131. The van der Waals surface area contributed by atoms with Crippen LogP contribution in [0.25, 0.3) is 10.9 Å². The number of aromatic nitrogens is 2. The molecule has 7 heteroatoms. The van der Waals surface area contributed by atoms with Crippen LogP contribution in [0.3, 0.4) is 0 Å². The van der Waals surface area contributed by atoms with Gasteiger partial charge in [-0.25, -0.2) is 18.4 Å². The molecule has 0 N–H and O–H groups in total. The molecule has 0 atom stereocenters. The van der Waals surface area contributed by atoms with Gasteiger partial charge in [0.1, 0.15) is 12.1 Å². The zero-order valence-electron chi connectivity index (χ0n) is 12.9. The summed E-state index contributed by atoms with van der Waals surface area (Å²) < 4.78 is 26.6. The topological polar surface area (TPSA) is 66.4 Å². The Balaban J connectivity index is 1.59. The molecule has 1 aliphatic heterocycles. The van der Waals surface area contributed by atoms with Crippen molar-refractivity contribution in [2.75, 3.05) is 31.1 Å². The second kappa shape index (κ2) is 5.72. The Morgan fingerprint density at radius 1 is 1.00 bits per heavy atom. The van der Waals surface area contributed by atoms with Crippen molar-refractivity contribution in [2.24, 2.45) is 0 Å². The van der Waals surface area contributed by atoms with Crippen LogP contribution in [0.2, 0.25) is 0 Å². The highest BCUT2D eigenvalue weighted by Gasteiger charge is 2.40. The fraction of sp³-hybridized carbons (Fsp3) is 0.500. The molecule has 122 valence electrons. The standard InChI is InChI=1S/C16H20N4O2S/c21-23(22,13-6-7-13)20-9-3-8-19(10-11-20)16-14-4-1-2-5-15(14)17-12-18-16/h1-2,4-5,12-13H,3,6-11H2. The summed E-state index contributed by atoms with van der Waals surface area (Å²) in [6.07, 6.45) is 4.05. The van der Waals surface area contributed by atoms with E-state index in [9.17, 15) is 8.42 Å². The van der Waals surface area contributed by atoms with E-state index in [1.165, 1.54) is 0 Å². The monoisotopic (exact) mass is 332 g/mol. The molecule has 1 aliphatic carbocycles. The summed E-state index contributed by atoms with van der Waals surface area (Å²) in [6, 6.07) is 7.94. The minimum Gasteiger partial charge on any atom is -0.355 e. The number of anilines is 1. The van der Waals surface area contributed by atoms with Crippen molar-refractivity contribution in [3.63, 3.8) is 0 Å². The first-order valence-electron chi connectivity index (χ1n) is 8.10. The summed E-state index contributed by atoms with van der Waals surface area (Å²) in [5.74, 6) is 0.904. The molecule has 2 aliphatic rings. The molecule has 1 aromatic carbocycles. The molecule has 1 saturated heterocycles. The van der Waals surface area contributed by atoms with E-state index < -0.39 is 10.0 Å². The van der Waals surface area contributed by atoms with Gasteiger partial charge in [0.25, 0.3) is 0 Å². The number of para-hydroxylation sites is 1. The molecule has 23 heavy (non-hydrogen) atoms. The molecule has 2 fully saturated rings. The van der Waals surface area contributed by atoms with E-state index >= 15 is 0 Å². The van der Waals surface area contributed by atoms with E-state index in [2.05, 4.69) is 14.9 Å². The van der Waals surface area contributed by atoms with Gasteiger partial charge in [-0.1, -0.05) is 12.1 Å². The SMILES string of the molecule is O=S(=O)(C1CC1)N1CCCN(c2ncnc3ccccc23)CC1. The maximum Gasteiger partial charge on any atom is 0.217 e. The van der Waals surface area contributed by atoms with Gasteiger partial charge in [-0.05, 0) is 31.4 Å². The predicted molar refractivity (Wildman–Crippen MR) is 89.9 cm³/mol. The average Bonchev–Trinajstić information content (AvgIpc) is 3.40. The summed E-state index contributed by atoms with van der Waals surface area (Å²) in [5, 5.41) is 0.891. The van der Waals surface area contributed by atoms with Gasteiger partial charge in [0.2, 0.25) is 10.0 Å². The van der Waals surface area contributed by atoms with Crippen LogP contribution >= 0.6 is 0 Å². The van der Waals surface area contributed by atoms with Crippen LogP contribution in [0.5, 0.6) is 0 Å². The molecule has 6 nitrogen and oxygen atoms in total. The third-order valence-electron chi connectivity index (χ3n) is 4.58. The molecule has 0 bridgehead atoms. The fourth-order valence-electron chi connectivity index (χ4n) is 3.18. The molecular formula is C16H20N4O2S. The lowest BCUT2D eigenvalue weighted by molar-refractivity contribution is 0.432. The number of nitrogens with zero attached hydrogens (tertiary/aromatic N) is 4. The van der Waals surface area contributed by atoms with E-state index in [0.717, 1.165) is 42.5 Å². The van der Waals surface area contributed by atoms with Crippen molar-refractivity contribution in [2.45, 2.75) is 24.5 Å². The molecule has 2 aromatic rings. The predicted octanol–water partition coefficient (Wildman–Crippen LogP) is 1.63. The molecule has 4 rings (SSSR count). The van der Waals surface area contributed by atoms with Crippen molar-refractivity contribution in [1.29, 1.82) is 0 Å². The number of hydrogen-bond donors (Lipinski definition) is 0. The van der Waals surface area contributed by atoms with Crippen LogP contribution in [0.15, 0.2) is 30.6 Å². The summed E-state index contributed by atoms with van der Waals surface area (Å²) in [6.45, 7) is 2.64. The average molecular weight is 332 g/mol. The van der Waals surface area contributed by atoms with Crippen molar-refractivity contribution < 1.29 is 8.42 Å². The Bertz CT molecular complexity index is 814. The molecule has 0 unspecified atom stereocenters. The highest BCUT2D eigenvalue weighted by atomic mass is 32.2. The molecule has 0 amide bonds. The Morgan fingerprint density at radius 2 is 1.83 bits per heavy atom. The summed E-state index contributed by atoms with van der Waals surface area (Å²) in [4.78, 5) is 10.9. The smallest absolute Gasteiger partial charge is 0.217 e. The van der Waals surface area contributed by atoms with Gasteiger partial charge in [0, 0.05) is 31.6 Å². The molecule has 2 heterocycles. The zero-order chi connectivity index (χ0) is 15.9. The number of sulfonamides is 1. The second-order valence-electron chi connectivity index (χ2n) is 6.20. The quantitative estimate of drug-likeness (QED) is 0.855. The Labute approximate surface area is 136 Å². The van der Waals surface area contributed by atoms with Gasteiger partial charge in [-0.3, -0.25) is 0 Å². The maximum atomic E-state index is 12.4. The highest BCUT2D eigenvalue weighted by Crippen LogP contribution is 2.32. The van der Waals surface area contributed by atoms with Crippen LogP contribution in [-0.2, 0) is 10.0 Å². The molecule has 0 spiro atoms. The minimum atomic E-state index is -3.09. The van der Waals surface area contributed by atoms with Crippen LogP contribution < -0.4 is 4.90 Å². The van der Waals surface area contributed by atoms with E-state index in [1.807, 2.05) is 24.3 Å². The Hall–Kier alpha value is -1.73. The maximum absolute atomic E-state index is 12.4. The van der Waals surface area contributed by atoms with Gasteiger partial charge in [-0.2, -0.15) is 4.31 Å².